The summed E-state index contributed by atoms with van der Waals surface area (Å²) in [7, 11) is 0. The molecule has 1 aromatic carbocycles. The van der Waals surface area contributed by atoms with Gasteiger partial charge in [-0.2, -0.15) is 0 Å². The third-order valence-electron chi connectivity index (χ3n) is 2.29. The lowest BCUT2D eigenvalue weighted by Crippen LogP contribution is -1.95. The Morgan fingerprint density at radius 1 is 1.36 bits per heavy atom. The van der Waals surface area contributed by atoms with E-state index in [0.717, 1.165) is 11.1 Å². The van der Waals surface area contributed by atoms with Crippen molar-refractivity contribution in [1.29, 1.82) is 0 Å². The zero-order valence-electron chi connectivity index (χ0n) is 8.21. The second kappa shape index (κ2) is 3.67. The Morgan fingerprint density at radius 3 is 2.71 bits per heavy atom. The van der Waals surface area contributed by atoms with E-state index in [-0.39, 0.29) is 5.78 Å². The van der Waals surface area contributed by atoms with Crippen molar-refractivity contribution in [2.75, 3.05) is 0 Å². The fourth-order valence-corrected chi connectivity index (χ4v) is 1.31. The van der Waals surface area contributed by atoms with Crippen molar-refractivity contribution < 1.29 is 4.79 Å². The Labute approximate surface area is 84.1 Å². The minimum Gasteiger partial charge on any atom is -0.294 e. The number of benzene rings is 1. The number of hydrogen-bond acceptors (Lipinski definition) is 1. The van der Waals surface area contributed by atoms with Gasteiger partial charge in [0, 0.05) is 17.0 Å². The molecule has 0 heterocycles. The Kier molecular flexibility index (Phi) is 2.37. The number of rotatable bonds is 1. The molecule has 0 atom stereocenters. The van der Waals surface area contributed by atoms with Crippen LogP contribution >= 0.6 is 0 Å². The van der Waals surface area contributed by atoms with Gasteiger partial charge in [0.05, 0.1) is 0 Å². The maximum absolute atomic E-state index is 11.3. The van der Waals surface area contributed by atoms with Crippen molar-refractivity contribution in [3.63, 3.8) is 0 Å². The molecule has 70 valence electrons. The average molecular weight is 184 g/mol. The third kappa shape index (κ3) is 2.03. The van der Waals surface area contributed by atoms with Crippen LogP contribution in [0.25, 0.3) is 0 Å². The quantitative estimate of drug-likeness (QED) is 0.484. The molecule has 0 N–H and O–H groups in total. The molecule has 1 heteroatoms. The second-order valence-electron chi connectivity index (χ2n) is 3.65. The number of hydrogen-bond donors (Lipinski definition) is 0. The van der Waals surface area contributed by atoms with E-state index in [1.807, 2.05) is 24.3 Å². The van der Waals surface area contributed by atoms with Gasteiger partial charge >= 0.3 is 0 Å². The van der Waals surface area contributed by atoms with Gasteiger partial charge in [0.15, 0.2) is 5.78 Å². The van der Waals surface area contributed by atoms with Crippen molar-refractivity contribution in [2.24, 2.45) is 5.92 Å². The topological polar surface area (TPSA) is 17.1 Å². The van der Waals surface area contributed by atoms with Crippen LogP contribution in [0.4, 0.5) is 0 Å². The lowest BCUT2D eigenvalue weighted by molar-refractivity contribution is 0.101. The van der Waals surface area contributed by atoms with Crippen LogP contribution in [0.3, 0.4) is 0 Å². The van der Waals surface area contributed by atoms with Gasteiger partial charge in [-0.15, -0.1) is 0 Å². The third-order valence-corrected chi connectivity index (χ3v) is 2.29. The first kappa shape index (κ1) is 9.02. The van der Waals surface area contributed by atoms with Crippen LogP contribution in [0, 0.1) is 17.8 Å². The highest BCUT2D eigenvalue weighted by Crippen LogP contribution is 2.27. The van der Waals surface area contributed by atoms with E-state index in [2.05, 4.69) is 11.8 Å². The normalized spacial score (nSPS) is 14.4. The highest BCUT2D eigenvalue weighted by Gasteiger charge is 2.17. The predicted molar refractivity (Wildman–Crippen MR) is 56.0 cm³/mol. The van der Waals surface area contributed by atoms with Crippen LogP contribution < -0.4 is 0 Å². The zero-order chi connectivity index (χ0) is 9.97. The molecule has 0 radical (unpaired) electrons. The van der Waals surface area contributed by atoms with Crippen LogP contribution in [0.2, 0.25) is 0 Å². The molecule has 0 aliphatic heterocycles. The number of ketones is 1. The molecule has 1 aromatic rings. The minimum atomic E-state index is 0.0886. The molecule has 0 amide bonds. The summed E-state index contributed by atoms with van der Waals surface area (Å²) in [6.45, 7) is 1.58. The molecule has 0 bridgehead atoms. The van der Waals surface area contributed by atoms with Gasteiger partial charge in [0.2, 0.25) is 0 Å². The number of Topliss-reactive ketones (excluding diaryl/α,β-unsaturated/α-hetero) is 1. The summed E-state index contributed by atoms with van der Waals surface area (Å²) in [5, 5.41) is 0. The summed E-state index contributed by atoms with van der Waals surface area (Å²) in [5.41, 5.74) is 1.60. The molecule has 1 aliphatic carbocycles. The average Bonchev–Trinajstić information content (AvgIpc) is 2.98. The minimum absolute atomic E-state index is 0.0886. The molecule has 0 spiro atoms. The van der Waals surface area contributed by atoms with E-state index in [4.69, 9.17) is 0 Å². The summed E-state index contributed by atoms with van der Waals surface area (Å²) >= 11 is 0. The smallest absolute Gasteiger partial charge is 0.161 e. The van der Waals surface area contributed by atoms with Gasteiger partial charge in [0.1, 0.15) is 0 Å². The fraction of sp³-hybridized carbons (Fsp3) is 0.308. The molecule has 0 aromatic heterocycles. The van der Waals surface area contributed by atoms with E-state index in [9.17, 15) is 4.79 Å². The molecule has 1 aliphatic rings. The van der Waals surface area contributed by atoms with Gasteiger partial charge in [-0.3, -0.25) is 4.79 Å². The summed E-state index contributed by atoms with van der Waals surface area (Å²) in [6, 6.07) is 7.54. The van der Waals surface area contributed by atoms with E-state index in [1.54, 1.807) is 6.92 Å². The second-order valence-corrected chi connectivity index (χ2v) is 3.65. The number of carbonyl (C=O) groups is 1. The van der Waals surface area contributed by atoms with Crippen molar-refractivity contribution in [3.05, 3.63) is 35.4 Å². The van der Waals surface area contributed by atoms with Crippen molar-refractivity contribution >= 4 is 5.78 Å². The number of carbonyl (C=O) groups excluding carboxylic acids is 1. The first-order valence-corrected chi connectivity index (χ1v) is 4.89. The molecule has 1 saturated carbocycles. The van der Waals surface area contributed by atoms with Crippen molar-refractivity contribution in [2.45, 2.75) is 19.8 Å². The molecule has 14 heavy (non-hydrogen) atoms. The lowest BCUT2D eigenvalue weighted by Gasteiger charge is -1.97. The van der Waals surface area contributed by atoms with Crippen LogP contribution in [-0.4, -0.2) is 5.78 Å². The Bertz CT molecular complexity index is 416. The molecule has 1 fully saturated rings. The van der Waals surface area contributed by atoms with Crippen molar-refractivity contribution in [1.82, 2.24) is 0 Å². The first-order chi connectivity index (χ1) is 6.77. The first-order valence-electron chi connectivity index (χ1n) is 4.89. The Morgan fingerprint density at radius 2 is 2.07 bits per heavy atom. The molecular weight excluding hydrogens is 172 g/mol. The SMILES string of the molecule is CC(=O)c1ccccc1C#CC1CC1. The van der Waals surface area contributed by atoms with Crippen LogP contribution in [0.15, 0.2) is 24.3 Å². The Hall–Kier alpha value is -1.55. The lowest BCUT2D eigenvalue weighted by atomic mass is 10.0. The molecular formula is C13H12O. The fourth-order valence-electron chi connectivity index (χ4n) is 1.31. The summed E-state index contributed by atoms with van der Waals surface area (Å²) in [4.78, 5) is 11.3. The van der Waals surface area contributed by atoms with Gasteiger partial charge in [-0.1, -0.05) is 30.0 Å². The highest BCUT2D eigenvalue weighted by molar-refractivity contribution is 5.96. The highest BCUT2D eigenvalue weighted by atomic mass is 16.1. The maximum Gasteiger partial charge on any atom is 0.161 e. The van der Waals surface area contributed by atoms with Crippen molar-refractivity contribution in [3.8, 4) is 11.8 Å². The van der Waals surface area contributed by atoms with E-state index in [1.165, 1.54) is 12.8 Å². The molecule has 0 saturated heterocycles. The van der Waals surface area contributed by atoms with E-state index in [0.29, 0.717) is 5.92 Å². The van der Waals surface area contributed by atoms with E-state index >= 15 is 0 Å². The summed E-state index contributed by atoms with van der Waals surface area (Å²) < 4.78 is 0. The molecule has 0 unspecified atom stereocenters. The molecule has 1 nitrogen and oxygen atoms in total. The van der Waals surface area contributed by atoms with Gasteiger partial charge < -0.3 is 0 Å². The summed E-state index contributed by atoms with van der Waals surface area (Å²) in [6.07, 6.45) is 2.43. The van der Waals surface area contributed by atoms with Gasteiger partial charge in [-0.05, 0) is 25.8 Å². The Balaban J connectivity index is 2.32. The van der Waals surface area contributed by atoms with Gasteiger partial charge in [0.25, 0.3) is 0 Å². The monoisotopic (exact) mass is 184 g/mol. The maximum atomic E-state index is 11.3. The van der Waals surface area contributed by atoms with Crippen LogP contribution in [-0.2, 0) is 0 Å². The molecule has 2 rings (SSSR count). The summed E-state index contributed by atoms with van der Waals surface area (Å²) in [5.74, 6) is 6.92. The zero-order valence-corrected chi connectivity index (χ0v) is 8.21. The standard InChI is InChI=1S/C13H12O/c1-10(14)13-5-3-2-4-12(13)9-8-11-6-7-11/h2-5,11H,6-7H2,1H3. The van der Waals surface area contributed by atoms with Gasteiger partial charge in [-0.25, -0.2) is 0 Å². The largest absolute Gasteiger partial charge is 0.294 e. The van der Waals surface area contributed by atoms with Crippen LogP contribution in [0.5, 0.6) is 0 Å². The predicted octanol–water partition coefficient (Wildman–Crippen LogP) is 2.65. The van der Waals surface area contributed by atoms with Crippen LogP contribution in [0.1, 0.15) is 35.7 Å². The van der Waals surface area contributed by atoms with E-state index < -0.39 is 0 Å².